The zero-order chi connectivity index (χ0) is 16.9. The molecule has 1 aromatic heterocycles. The molecule has 4 heteroatoms. The van der Waals surface area contributed by atoms with E-state index in [1.165, 1.54) is 0 Å². The highest BCUT2D eigenvalue weighted by Crippen LogP contribution is 2.32. The van der Waals surface area contributed by atoms with Crippen molar-refractivity contribution in [3.63, 3.8) is 0 Å². The van der Waals surface area contributed by atoms with Gasteiger partial charge in [-0.1, -0.05) is 54.1 Å². The third-order valence-electron chi connectivity index (χ3n) is 3.66. The first-order chi connectivity index (χ1) is 11.7. The summed E-state index contributed by atoms with van der Waals surface area (Å²) < 4.78 is 0. The molecule has 0 saturated carbocycles. The SMILES string of the molecule is C#CCCNC(=O)c1cc2ccccc2c(-c2ccccc2Cl)n1. The number of carbonyl (C=O) groups is 1. The topological polar surface area (TPSA) is 42.0 Å². The Morgan fingerprint density at radius 2 is 1.92 bits per heavy atom. The molecule has 3 nitrogen and oxygen atoms in total. The fourth-order valence-corrected chi connectivity index (χ4v) is 2.74. The molecule has 0 aliphatic rings. The van der Waals surface area contributed by atoms with Crippen LogP contribution < -0.4 is 5.32 Å². The molecule has 0 aliphatic carbocycles. The van der Waals surface area contributed by atoms with E-state index < -0.39 is 0 Å². The number of pyridine rings is 1. The van der Waals surface area contributed by atoms with Gasteiger partial charge in [-0.3, -0.25) is 4.79 Å². The van der Waals surface area contributed by atoms with Crippen molar-refractivity contribution in [2.45, 2.75) is 6.42 Å². The summed E-state index contributed by atoms with van der Waals surface area (Å²) in [5, 5.41) is 5.26. The molecule has 0 saturated heterocycles. The normalized spacial score (nSPS) is 10.3. The minimum absolute atomic E-state index is 0.246. The number of nitrogens with one attached hydrogen (secondary N) is 1. The van der Waals surface area contributed by atoms with Crippen LogP contribution in [0.4, 0.5) is 0 Å². The van der Waals surface area contributed by atoms with E-state index in [4.69, 9.17) is 18.0 Å². The molecule has 3 rings (SSSR count). The molecule has 1 heterocycles. The smallest absolute Gasteiger partial charge is 0.269 e. The van der Waals surface area contributed by atoms with Crippen molar-refractivity contribution in [3.05, 3.63) is 65.3 Å². The van der Waals surface area contributed by atoms with Crippen LogP contribution in [0, 0.1) is 12.3 Å². The summed E-state index contributed by atoms with van der Waals surface area (Å²) in [6.45, 7) is 0.422. The zero-order valence-electron chi connectivity index (χ0n) is 12.9. The summed E-state index contributed by atoms with van der Waals surface area (Å²) in [7, 11) is 0. The number of benzene rings is 2. The molecule has 1 N–H and O–H groups in total. The van der Waals surface area contributed by atoms with Gasteiger partial charge in [-0.25, -0.2) is 4.98 Å². The maximum Gasteiger partial charge on any atom is 0.269 e. The highest BCUT2D eigenvalue weighted by Gasteiger charge is 2.14. The average Bonchev–Trinajstić information content (AvgIpc) is 2.61. The van der Waals surface area contributed by atoms with E-state index in [1.54, 1.807) is 6.07 Å². The second-order valence-electron chi connectivity index (χ2n) is 5.27. The summed E-state index contributed by atoms with van der Waals surface area (Å²) in [6.07, 6.45) is 5.70. The molecule has 0 unspecified atom stereocenters. The minimum Gasteiger partial charge on any atom is -0.350 e. The average molecular weight is 335 g/mol. The molecule has 0 atom stereocenters. The lowest BCUT2D eigenvalue weighted by Gasteiger charge is -2.11. The van der Waals surface area contributed by atoms with E-state index in [2.05, 4.69) is 16.2 Å². The summed E-state index contributed by atoms with van der Waals surface area (Å²) in [4.78, 5) is 16.9. The first-order valence-electron chi connectivity index (χ1n) is 7.57. The number of amides is 1. The number of halogens is 1. The Hall–Kier alpha value is -2.83. The molecule has 0 bridgehead atoms. The van der Waals surface area contributed by atoms with Gasteiger partial charge in [-0.15, -0.1) is 12.3 Å². The van der Waals surface area contributed by atoms with Gasteiger partial charge in [-0.05, 0) is 17.5 Å². The molecule has 118 valence electrons. The highest BCUT2D eigenvalue weighted by atomic mass is 35.5. The minimum atomic E-state index is -0.246. The number of terminal acetylenes is 1. The number of rotatable bonds is 4. The van der Waals surface area contributed by atoms with Gasteiger partial charge in [0.25, 0.3) is 5.91 Å². The van der Waals surface area contributed by atoms with Gasteiger partial charge in [-0.2, -0.15) is 0 Å². The van der Waals surface area contributed by atoms with Crippen LogP contribution >= 0.6 is 11.6 Å². The lowest BCUT2D eigenvalue weighted by Crippen LogP contribution is -2.25. The van der Waals surface area contributed by atoms with Gasteiger partial charge in [0.2, 0.25) is 0 Å². The quantitative estimate of drug-likeness (QED) is 0.570. The van der Waals surface area contributed by atoms with Crippen LogP contribution in [0.1, 0.15) is 16.9 Å². The zero-order valence-corrected chi connectivity index (χ0v) is 13.7. The first kappa shape index (κ1) is 16.0. The fourth-order valence-electron chi connectivity index (χ4n) is 2.51. The maximum atomic E-state index is 12.4. The van der Waals surface area contributed by atoms with Crippen molar-refractivity contribution in [2.24, 2.45) is 0 Å². The predicted octanol–water partition coefficient (Wildman–Crippen LogP) is 4.31. The first-order valence-corrected chi connectivity index (χ1v) is 7.95. The Kier molecular flexibility index (Phi) is 4.79. The van der Waals surface area contributed by atoms with Crippen molar-refractivity contribution in [1.82, 2.24) is 10.3 Å². The Bertz CT molecular complexity index is 944. The largest absolute Gasteiger partial charge is 0.350 e. The van der Waals surface area contributed by atoms with Crippen molar-refractivity contribution < 1.29 is 4.79 Å². The van der Waals surface area contributed by atoms with Gasteiger partial charge in [0.1, 0.15) is 5.69 Å². The summed E-state index contributed by atoms with van der Waals surface area (Å²) in [6, 6.07) is 17.1. The van der Waals surface area contributed by atoms with Gasteiger partial charge < -0.3 is 5.32 Å². The van der Waals surface area contributed by atoms with E-state index in [0.29, 0.717) is 29.4 Å². The van der Waals surface area contributed by atoms with Crippen LogP contribution in [-0.2, 0) is 0 Å². The number of fused-ring (bicyclic) bond motifs is 1. The lowest BCUT2D eigenvalue weighted by molar-refractivity contribution is 0.0950. The van der Waals surface area contributed by atoms with Crippen molar-refractivity contribution >= 4 is 28.3 Å². The Balaban J connectivity index is 2.12. The van der Waals surface area contributed by atoms with E-state index in [0.717, 1.165) is 16.3 Å². The van der Waals surface area contributed by atoms with Crippen LogP contribution in [0.3, 0.4) is 0 Å². The standard InChI is InChI=1S/C20H15ClN2O/c1-2-3-12-22-20(24)18-13-14-8-4-5-9-15(14)19(23-18)16-10-6-7-11-17(16)21/h1,4-11,13H,3,12H2,(H,22,24). The van der Waals surface area contributed by atoms with Crippen molar-refractivity contribution in [2.75, 3.05) is 6.54 Å². The third kappa shape index (κ3) is 3.24. The van der Waals surface area contributed by atoms with E-state index in [9.17, 15) is 4.79 Å². The molecule has 1 amide bonds. The van der Waals surface area contributed by atoms with Gasteiger partial charge >= 0.3 is 0 Å². The molecule has 24 heavy (non-hydrogen) atoms. The Morgan fingerprint density at radius 1 is 1.17 bits per heavy atom. The fraction of sp³-hybridized carbons (Fsp3) is 0.100. The molecule has 0 radical (unpaired) electrons. The lowest BCUT2D eigenvalue weighted by atomic mass is 10.0. The number of carbonyl (C=O) groups excluding carboxylic acids is 1. The molecule has 2 aromatic carbocycles. The Labute approximate surface area is 145 Å². The predicted molar refractivity (Wildman–Crippen MR) is 98.0 cm³/mol. The third-order valence-corrected chi connectivity index (χ3v) is 3.99. The molecule has 3 aromatic rings. The highest BCUT2D eigenvalue weighted by molar-refractivity contribution is 6.33. The van der Waals surface area contributed by atoms with Crippen LogP contribution in [0.15, 0.2) is 54.6 Å². The number of aromatic nitrogens is 1. The van der Waals surface area contributed by atoms with Crippen LogP contribution in [0.2, 0.25) is 5.02 Å². The molecule has 0 aliphatic heterocycles. The second-order valence-corrected chi connectivity index (χ2v) is 5.67. The number of hydrogen-bond acceptors (Lipinski definition) is 2. The van der Waals surface area contributed by atoms with E-state index >= 15 is 0 Å². The van der Waals surface area contributed by atoms with Crippen LogP contribution in [0.25, 0.3) is 22.0 Å². The number of nitrogens with zero attached hydrogens (tertiary/aromatic N) is 1. The summed E-state index contributed by atoms with van der Waals surface area (Å²) in [5.41, 5.74) is 1.84. The number of hydrogen-bond donors (Lipinski definition) is 1. The van der Waals surface area contributed by atoms with Gasteiger partial charge in [0, 0.05) is 28.9 Å². The maximum absolute atomic E-state index is 12.4. The van der Waals surface area contributed by atoms with Crippen LogP contribution in [-0.4, -0.2) is 17.4 Å². The molecule has 0 fully saturated rings. The summed E-state index contributed by atoms with van der Waals surface area (Å²) in [5.74, 6) is 2.25. The van der Waals surface area contributed by atoms with Crippen molar-refractivity contribution in [3.8, 4) is 23.6 Å². The summed E-state index contributed by atoms with van der Waals surface area (Å²) >= 11 is 6.33. The Morgan fingerprint density at radius 3 is 2.71 bits per heavy atom. The van der Waals surface area contributed by atoms with E-state index in [1.807, 2.05) is 48.5 Å². The van der Waals surface area contributed by atoms with E-state index in [-0.39, 0.29) is 5.91 Å². The second kappa shape index (κ2) is 7.16. The van der Waals surface area contributed by atoms with Gasteiger partial charge in [0.05, 0.1) is 5.69 Å². The van der Waals surface area contributed by atoms with Crippen molar-refractivity contribution in [1.29, 1.82) is 0 Å². The van der Waals surface area contributed by atoms with Gasteiger partial charge in [0.15, 0.2) is 0 Å². The monoisotopic (exact) mass is 334 g/mol. The molecule has 0 spiro atoms. The molecular formula is C20H15ClN2O. The molecular weight excluding hydrogens is 320 g/mol. The van der Waals surface area contributed by atoms with Crippen LogP contribution in [0.5, 0.6) is 0 Å².